The molecule has 1 aromatic heterocycles. The number of fused-ring (bicyclic) bond motifs is 1. The third-order valence-electron chi connectivity index (χ3n) is 3.77. The summed E-state index contributed by atoms with van der Waals surface area (Å²) < 4.78 is 0. The summed E-state index contributed by atoms with van der Waals surface area (Å²) in [6.45, 7) is 0. The van der Waals surface area contributed by atoms with Gasteiger partial charge in [-0.1, -0.05) is 54.1 Å². The maximum absolute atomic E-state index is 6.28. The van der Waals surface area contributed by atoms with Crippen LogP contribution >= 0.6 is 11.6 Å². The topological polar surface area (TPSA) is 24.9 Å². The number of pyridine rings is 1. The number of hydrogen-bond donors (Lipinski definition) is 1. The number of aromatic nitrogens is 1. The minimum absolute atomic E-state index is 0.101. The van der Waals surface area contributed by atoms with Crippen LogP contribution in [0.3, 0.4) is 0 Å². The van der Waals surface area contributed by atoms with Crippen LogP contribution in [0.25, 0.3) is 10.8 Å². The lowest BCUT2D eigenvalue weighted by Crippen LogP contribution is -2.20. The molecule has 0 saturated carbocycles. The Bertz CT molecular complexity index is 750. The molecule has 1 atom stereocenters. The number of rotatable bonds is 4. The smallest absolute Gasteiger partial charge is 0.0762 e. The van der Waals surface area contributed by atoms with Crippen LogP contribution in [0.15, 0.2) is 60.8 Å². The van der Waals surface area contributed by atoms with Crippen molar-refractivity contribution in [3.8, 4) is 0 Å². The summed E-state index contributed by atoms with van der Waals surface area (Å²) >= 11 is 6.28. The maximum atomic E-state index is 6.28. The lowest BCUT2D eigenvalue weighted by molar-refractivity contribution is 0.578. The van der Waals surface area contributed by atoms with Crippen molar-refractivity contribution in [1.29, 1.82) is 0 Å². The Balaban J connectivity index is 1.98. The van der Waals surface area contributed by atoms with Crippen LogP contribution in [-0.2, 0) is 6.42 Å². The monoisotopic (exact) mass is 296 g/mol. The van der Waals surface area contributed by atoms with E-state index in [1.165, 1.54) is 16.3 Å². The van der Waals surface area contributed by atoms with Crippen molar-refractivity contribution < 1.29 is 0 Å². The fraction of sp³-hybridized carbons (Fsp3) is 0.167. The molecule has 0 saturated heterocycles. The Morgan fingerprint density at radius 2 is 1.86 bits per heavy atom. The molecule has 106 valence electrons. The molecule has 3 rings (SSSR count). The standard InChI is InChI=1S/C18H17ClN2/c1-20-17(18-16(19)10-5-11-21-18)12-14-8-4-7-13-6-2-3-9-15(13)14/h2-11,17,20H,12H2,1H3. The van der Waals surface area contributed by atoms with Crippen LogP contribution in [0, 0.1) is 0 Å². The van der Waals surface area contributed by atoms with E-state index in [-0.39, 0.29) is 6.04 Å². The van der Waals surface area contributed by atoms with Crippen LogP contribution in [-0.4, -0.2) is 12.0 Å². The van der Waals surface area contributed by atoms with Gasteiger partial charge in [0.25, 0.3) is 0 Å². The second-order valence-corrected chi connectivity index (χ2v) is 5.46. The average Bonchev–Trinajstić information content (AvgIpc) is 2.53. The summed E-state index contributed by atoms with van der Waals surface area (Å²) in [5.41, 5.74) is 2.20. The Kier molecular flexibility index (Phi) is 4.18. The predicted octanol–water partition coefficient (Wildman–Crippen LogP) is 4.39. The molecular weight excluding hydrogens is 280 g/mol. The largest absolute Gasteiger partial charge is 0.311 e. The van der Waals surface area contributed by atoms with Crippen LogP contribution in [0.5, 0.6) is 0 Å². The summed E-state index contributed by atoms with van der Waals surface area (Å²) in [6, 6.07) is 18.7. The zero-order valence-electron chi connectivity index (χ0n) is 11.9. The van der Waals surface area contributed by atoms with Gasteiger partial charge in [0.05, 0.1) is 16.8 Å². The summed E-state index contributed by atoms with van der Waals surface area (Å²) in [4.78, 5) is 4.43. The van der Waals surface area contributed by atoms with E-state index in [1.54, 1.807) is 6.20 Å². The SMILES string of the molecule is CNC(Cc1cccc2ccccc12)c1ncccc1Cl. The van der Waals surface area contributed by atoms with E-state index in [0.29, 0.717) is 5.02 Å². The molecule has 0 amide bonds. The van der Waals surface area contributed by atoms with Crippen molar-refractivity contribution in [2.24, 2.45) is 0 Å². The van der Waals surface area contributed by atoms with Crippen molar-refractivity contribution >= 4 is 22.4 Å². The summed E-state index contributed by atoms with van der Waals surface area (Å²) in [5.74, 6) is 0. The molecule has 1 heterocycles. The van der Waals surface area contributed by atoms with Crippen molar-refractivity contribution in [3.05, 3.63) is 77.1 Å². The first kappa shape index (κ1) is 14.1. The van der Waals surface area contributed by atoms with Gasteiger partial charge in [0, 0.05) is 6.20 Å². The summed E-state index contributed by atoms with van der Waals surface area (Å²) in [6.07, 6.45) is 2.64. The first-order chi connectivity index (χ1) is 10.3. The fourth-order valence-electron chi connectivity index (χ4n) is 2.68. The van der Waals surface area contributed by atoms with Crippen LogP contribution in [0.4, 0.5) is 0 Å². The Morgan fingerprint density at radius 1 is 1.05 bits per heavy atom. The predicted molar refractivity (Wildman–Crippen MR) is 88.7 cm³/mol. The highest BCUT2D eigenvalue weighted by Crippen LogP contribution is 2.26. The molecule has 0 aliphatic heterocycles. The maximum Gasteiger partial charge on any atom is 0.0762 e. The summed E-state index contributed by atoms with van der Waals surface area (Å²) in [7, 11) is 1.95. The Hall–Kier alpha value is -1.90. The third-order valence-corrected chi connectivity index (χ3v) is 4.09. The van der Waals surface area contributed by atoms with Gasteiger partial charge in [0.1, 0.15) is 0 Å². The second-order valence-electron chi connectivity index (χ2n) is 5.05. The van der Waals surface area contributed by atoms with Gasteiger partial charge in [-0.2, -0.15) is 0 Å². The summed E-state index contributed by atoms with van der Waals surface area (Å²) in [5, 5.41) is 6.58. The molecule has 0 aliphatic rings. The van der Waals surface area contributed by atoms with E-state index in [2.05, 4.69) is 52.8 Å². The molecule has 2 aromatic carbocycles. The van der Waals surface area contributed by atoms with E-state index in [9.17, 15) is 0 Å². The number of benzene rings is 2. The van der Waals surface area contributed by atoms with Gasteiger partial charge in [-0.05, 0) is 41.9 Å². The van der Waals surface area contributed by atoms with Gasteiger partial charge in [-0.15, -0.1) is 0 Å². The van der Waals surface area contributed by atoms with E-state index in [0.717, 1.165) is 12.1 Å². The molecule has 0 bridgehead atoms. The van der Waals surface area contributed by atoms with Crippen molar-refractivity contribution in [3.63, 3.8) is 0 Å². The van der Waals surface area contributed by atoms with E-state index in [1.807, 2.05) is 19.2 Å². The molecule has 0 fully saturated rings. The molecule has 21 heavy (non-hydrogen) atoms. The van der Waals surface area contributed by atoms with Gasteiger partial charge >= 0.3 is 0 Å². The molecular formula is C18H17ClN2. The first-order valence-corrected chi connectivity index (χ1v) is 7.41. The lowest BCUT2D eigenvalue weighted by Gasteiger charge is -2.18. The van der Waals surface area contributed by atoms with Gasteiger partial charge in [-0.25, -0.2) is 0 Å². The Labute approximate surface area is 129 Å². The molecule has 2 nitrogen and oxygen atoms in total. The van der Waals surface area contributed by atoms with Gasteiger partial charge in [0.2, 0.25) is 0 Å². The molecule has 0 radical (unpaired) electrons. The molecule has 3 aromatic rings. The van der Waals surface area contributed by atoms with Gasteiger partial charge in [0.15, 0.2) is 0 Å². The fourth-order valence-corrected chi connectivity index (χ4v) is 2.93. The molecule has 0 spiro atoms. The van der Waals surface area contributed by atoms with E-state index < -0.39 is 0 Å². The van der Waals surface area contributed by atoms with E-state index >= 15 is 0 Å². The van der Waals surface area contributed by atoms with Crippen molar-refractivity contribution in [2.75, 3.05) is 7.05 Å². The second kappa shape index (κ2) is 6.25. The number of halogens is 1. The first-order valence-electron chi connectivity index (χ1n) is 7.04. The third kappa shape index (κ3) is 2.92. The quantitative estimate of drug-likeness (QED) is 0.772. The zero-order chi connectivity index (χ0) is 14.7. The van der Waals surface area contributed by atoms with Crippen LogP contribution in [0.2, 0.25) is 5.02 Å². The van der Waals surface area contributed by atoms with Crippen LogP contribution < -0.4 is 5.32 Å². The number of likely N-dealkylation sites (N-methyl/N-ethyl adjacent to an activating group) is 1. The number of hydrogen-bond acceptors (Lipinski definition) is 2. The minimum Gasteiger partial charge on any atom is -0.311 e. The molecule has 0 aliphatic carbocycles. The highest BCUT2D eigenvalue weighted by Gasteiger charge is 2.15. The molecule has 1 unspecified atom stereocenters. The molecule has 3 heteroatoms. The van der Waals surface area contributed by atoms with Crippen molar-refractivity contribution in [1.82, 2.24) is 10.3 Å². The number of nitrogens with one attached hydrogen (secondary N) is 1. The molecule has 1 N–H and O–H groups in total. The van der Waals surface area contributed by atoms with E-state index in [4.69, 9.17) is 11.6 Å². The lowest BCUT2D eigenvalue weighted by atomic mass is 9.97. The average molecular weight is 297 g/mol. The number of nitrogens with zero attached hydrogens (tertiary/aromatic N) is 1. The highest BCUT2D eigenvalue weighted by atomic mass is 35.5. The van der Waals surface area contributed by atoms with Crippen LogP contribution in [0.1, 0.15) is 17.3 Å². The normalized spacial score (nSPS) is 12.5. The highest BCUT2D eigenvalue weighted by molar-refractivity contribution is 6.31. The minimum atomic E-state index is 0.101. The van der Waals surface area contributed by atoms with Gasteiger partial charge < -0.3 is 5.32 Å². The van der Waals surface area contributed by atoms with Gasteiger partial charge in [-0.3, -0.25) is 4.98 Å². The van der Waals surface area contributed by atoms with Crippen molar-refractivity contribution in [2.45, 2.75) is 12.5 Å². The zero-order valence-corrected chi connectivity index (χ0v) is 12.6. The Morgan fingerprint density at radius 3 is 2.67 bits per heavy atom.